The molecule has 0 fully saturated rings. The van der Waals surface area contributed by atoms with Gasteiger partial charge in [-0.05, 0) is 11.2 Å². The van der Waals surface area contributed by atoms with Crippen LogP contribution < -0.4 is 0 Å². The Hall–Kier alpha value is -2.04. The molecule has 0 radical (unpaired) electrons. The van der Waals surface area contributed by atoms with Crippen LogP contribution in [0.2, 0.25) is 0 Å². The summed E-state index contributed by atoms with van der Waals surface area (Å²) >= 11 is 0. The van der Waals surface area contributed by atoms with Crippen molar-refractivity contribution < 1.29 is 19.8 Å². The SMILES string of the molecule is C1=NO1.O=C(O)Cc1ccccc1O. The quantitative estimate of drug-likeness (QED) is 0.736. The summed E-state index contributed by atoms with van der Waals surface area (Å²) < 4.78 is 0. The first kappa shape index (κ1) is 10.0. The molecule has 0 spiro atoms. The van der Waals surface area contributed by atoms with Gasteiger partial charge in [-0.15, -0.1) is 0 Å². The van der Waals surface area contributed by atoms with Crippen molar-refractivity contribution in [2.45, 2.75) is 6.42 Å². The molecule has 1 aliphatic rings. The molecule has 5 nitrogen and oxygen atoms in total. The van der Waals surface area contributed by atoms with E-state index in [1.165, 1.54) is 12.5 Å². The first-order valence-electron chi connectivity index (χ1n) is 3.86. The van der Waals surface area contributed by atoms with Gasteiger partial charge in [0.15, 0.2) is 0 Å². The number of aromatic hydroxyl groups is 1. The molecule has 0 atom stereocenters. The summed E-state index contributed by atoms with van der Waals surface area (Å²) in [6.07, 6.45) is 1.24. The number of hydrogen-bond acceptors (Lipinski definition) is 4. The smallest absolute Gasteiger partial charge is 0.307 e. The van der Waals surface area contributed by atoms with E-state index in [-0.39, 0.29) is 12.2 Å². The third-order valence-electron chi connectivity index (χ3n) is 1.44. The number of aliphatic carboxylic acids is 1. The van der Waals surface area contributed by atoms with Gasteiger partial charge in [-0.1, -0.05) is 18.2 Å². The fourth-order valence-corrected chi connectivity index (χ4v) is 0.823. The highest BCUT2D eigenvalue weighted by Gasteiger charge is 2.03. The first-order valence-corrected chi connectivity index (χ1v) is 3.86. The van der Waals surface area contributed by atoms with Crippen molar-refractivity contribution >= 4 is 12.4 Å². The maximum atomic E-state index is 10.2. The lowest BCUT2D eigenvalue weighted by atomic mass is 10.1. The lowest BCUT2D eigenvalue weighted by molar-refractivity contribution is -0.136. The summed E-state index contributed by atoms with van der Waals surface area (Å²) in [5, 5.41) is 20.6. The summed E-state index contributed by atoms with van der Waals surface area (Å²) in [6, 6.07) is 6.40. The summed E-state index contributed by atoms with van der Waals surface area (Å²) in [4.78, 5) is 14.2. The molecule has 0 amide bonds. The zero-order valence-corrected chi connectivity index (χ0v) is 7.25. The van der Waals surface area contributed by atoms with Gasteiger partial charge < -0.3 is 15.1 Å². The fourth-order valence-electron chi connectivity index (χ4n) is 0.823. The number of carboxylic acid groups (broad SMARTS) is 1. The van der Waals surface area contributed by atoms with E-state index >= 15 is 0 Å². The van der Waals surface area contributed by atoms with E-state index < -0.39 is 5.97 Å². The Morgan fingerprint density at radius 2 is 2.00 bits per heavy atom. The second-order valence-electron chi connectivity index (χ2n) is 2.52. The average Bonchev–Trinajstić information content (AvgIpc) is 2.94. The van der Waals surface area contributed by atoms with E-state index in [0.717, 1.165) is 0 Å². The summed E-state index contributed by atoms with van der Waals surface area (Å²) in [7, 11) is 0. The van der Waals surface area contributed by atoms with Crippen LogP contribution in [0.4, 0.5) is 0 Å². The molecule has 1 aromatic carbocycles. The number of oxime groups is 1. The van der Waals surface area contributed by atoms with Gasteiger partial charge in [0.25, 0.3) is 0 Å². The second kappa shape index (κ2) is 4.86. The van der Waals surface area contributed by atoms with Crippen LogP contribution in [0.1, 0.15) is 5.56 Å². The molecule has 0 aliphatic carbocycles. The van der Waals surface area contributed by atoms with Crippen LogP contribution in [0.5, 0.6) is 5.75 Å². The Morgan fingerprint density at radius 1 is 1.43 bits per heavy atom. The number of carbonyl (C=O) groups is 1. The molecule has 0 unspecified atom stereocenters. The molecular formula is C9H9NO4. The number of nitrogens with zero attached hydrogens (tertiary/aromatic N) is 1. The minimum atomic E-state index is -0.938. The van der Waals surface area contributed by atoms with Crippen molar-refractivity contribution in [2.24, 2.45) is 5.16 Å². The Bertz CT molecular complexity index is 344. The van der Waals surface area contributed by atoms with Crippen LogP contribution in [-0.2, 0) is 16.1 Å². The van der Waals surface area contributed by atoms with E-state index in [1.54, 1.807) is 18.2 Å². The number of hydrogen-bond donors (Lipinski definition) is 2. The van der Waals surface area contributed by atoms with Gasteiger partial charge in [0.05, 0.1) is 6.42 Å². The predicted molar refractivity (Wildman–Crippen MR) is 49.0 cm³/mol. The van der Waals surface area contributed by atoms with Crippen molar-refractivity contribution in [3.63, 3.8) is 0 Å². The Balaban J connectivity index is 0.000000276. The monoisotopic (exact) mass is 195 g/mol. The van der Waals surface area contributed by atoms with Crippen molar-refractivity contribution in [1.82, 2.24) is 0 Å². The lowest BCUT2D eigenvalue weighted by Crippen LogP contribution is -1.99. The maximum absolute atomic E-state index is 10.2. The molecule has 2 N–H and O–H groups in total. The van der Waals surface area contributed by atoms with E-state index in [0.29, 0.717) is 5.56 Å². The topological polar surface area (TPSA) is 82.4 Å². The van der Waals surface area contributed by atoms with Gasteiger partial charge in [-0.2, -0.15) is 0 Å². The molecule has 5 heteroatoms. The first-order chi connectivity index (χ1) is 6.70. The number of benzene rings is 1. The lowest BCUT2D eigenvalue weighted by Gasteiger charge is -1.98. The molecule has 74 valence electrons. The Morgan fingerprint density at radius 3 is 2.43 bits per heavy atom. The van der Waals surface area contributed by atoms with Crippen molar-refractivity contribution in [3.8, 4) is 5.75 Å². The van der Waals surface area contributed by atoms with Crippen LogP contribution in [0.3, 0.4) is 0 Å². The van der Waals surface area contributed by atoms with Crippen LogP contribution in [0, 0.1) is 0 Å². The Kier molecular flexibility index (Phi) is 3.49. The van der Waals surface area contributed by atoms with E-state index in [2.05, 4.69) is 9.99 Å². The molecule has 1 aromatic rings. The van der Waals surface area contributed by atoms with Gasteiger partial charge >= 0.3 is 5.97 Å². The summed E-state index contributed by atoms with van der Waals surface area (Å²) in [6.45, 7) is 0. The van der Waals surface area contributed by atoms with Crippen LogP contribution in [-0.4, -0.2) is 22.6 Å². The largest absolute Gasteiger partial charge is 0.508 e. The van der Waals surface area contributed by atoms with Gasteiger partial charge in [0.1, 0.15) is 5.75 Å². The Labute approximate surface area is 80.2 Å². The number of phenols is 1. The predicted octanol–water partition coefficient (Wildman–Crippen LogP) is 0.979. The highest BCUT2D eigenvalue weighted by Crippen LogP contribution is 2.15. The second-order valence-corrected chi connectivity index (χ2v) is 2.52. The molecule has 0 saturated carbocycles. The van der Waals surface area contributed by atoms with Crippen LogP contribution in [0.25, 0.3) is 0 Å². The molecule has 14 heavy (non-hydrogen) atoms. The number of rotatable bonds is 2. The molecule has 0 bridgehead atoms. The summed E-state index contributed by atoms with van der Waals surface area (Å²) in [5.41, 5.74) is 0.444. The van der Waals surface area contributed by atoms with Gasteiger partial charge in [0, 0.05) is 5.56 Å². The number of phenolic OH excluding ortho intramolecular Hbond substituents is 1. The average molecular weight is 195 g/mol. The third kappa shape index (κ3) is 4.10. The minimum absolute atomic E-state index is 0.0369. The van der Waals surface area contributed by atoms with Crippen LogP contribution in [0.15, 0.2) is 29.4 Å². The molecule has 1 aliphatic heterocycles. The van der Waals surface area contributed by atoms with E-state index in [4.69, 9.17) is 10.2 Å². The number of carboxylic acids is 1. The van der Waals surface area contributed by atoms with Crippen LogP contribution >= 0.6 is 0 Å². The highest BCUT2D eigenvalue weighted by molar-refractivity contribution is 5.71. The van der Waals surface area contributed by atoms with Gasteiger partial charge in [-0.3, -0.25) is 4.79 Å². The standard InChI is InChI=1S/C8H8O3.CHNO/c9-7-4-2-1-3-6(7)5-8(10)11;1-2-3-1/h1-4,9H,5H2,(H,10,11);1H. The number of para-hydroxylation sites is 1. The highest BCUT2D eigenvalue weighted by atomic mass is 16.7. The van der Waals surface area contributed by atoms with Gasteiger partial charge in [-0.25, -0.2) is 0 Å². The molecular weight excluding hydrogens is 186 g/mol. The minimum Gasteiger partial charge on any atom is -0.508 e. The molecule has 0 aromatic heterocycles. The normalized spacial score (nSPS) is 10.9. The molecule has 2 rings (SSSR count). The third-order valence-corrected chi connectivity index (χ3v) is 1.44. The maximum Gasteiger partial charge on any atom is 0.307 e. The fraction of sp³-hybridized carbons (Fsp3) is 0.111. The van der Waals surface area contributed by atoms with Crippen molar-refractivity contribution in [1.29, 1.82) is 0 Å². The van der Waals surface area contributed by atoms with E-state index in [9.17, 15) is 4.79 Å². The molecule has 0 saturated heterocycles. The zero-order chi connectivity index (χ0) is 10.4. The van der Waals surface area contributed by atoms with E-state index in [1.807, 2.05) is 0 Å². The van der Waals surface area contributed by atoms with Gasteiger partial charge in [0.2, 0.25) is 6.40 Å². The summed E-state index contributed by atoms with van der Waals surface area (Å²) in [5.74, 6) is -0.901. The van der Waals surface area contributed by atoms with Crippen molar-refractivity contribution in [2.75, 3.05) is 0 Å². The zero-order valence-electron chi connectivity index (χ0n) is 7.25. The molecule has 1 heterocycles. The van der Waals surface area contributed by atoms with Crippen molar-refractivity contribution in [3.05, 3.63) is 29.8 Å².